The van der Waals surface area contributed by atoms with E-state index in [-0.39, 0.29) is 6.02 Å². The van der Waals surface area contributed by atoms with Crippen LogP contribution >= 0.6 is 11.9 Å². The summed E-state index contributed by atoms with van der Waals surface area (Å²) < 4.78 is 7.93. The average molecular weight is 366 g/mol. The van der Waals surface area contributed by atoms with Gasteiger partial charge in [-0.25, -0.2) is 9.59 Å². The largest absolute Gasteiger partial charge is 0.465 e. The van der Waals surface area contributed by atoms with Crippen LogP contribution in [0.1, 0.15) is 45.4 Å². The monoisotopic (exact) mass is 366 g/mol. The Labute approximate surface area is 152 Å². The smallest absolute Gasteiger partial charge is 0.342 e. The molecule has 0 atom stereocenters. The summed E-state index contributed by atoms with van der Waals surface area (Å²) in [5.41, 5.74) is 5.04. The van der Waals surface area contributed by atoms with Gasteiger partial charge in [0.15, 0.2) is 0 Å². The van der Waals surface area contributed by atoms with Gasteiger partial charge in [0, 0.05) is 4.90 Å². The maximum absolute atomic E-state index is 11.9. The van der Waals surface area contributed by atoms with Crippen LogP contribution in [0, 0.1) is 0 Å². The van der Waals surface area contributed by atoms with Crippen molar-refractivity contribution in [1.82, 2.24) is 10.0 Å². The second-order valence-electron chi connectivity index (χ2n) is 5.34. The van der Waals surface area contributed by atoms with Crippen molar-refractivity contribution in [3.8, 4) is 0 Å². The van der Waals surface area contributed by atoms with Gasteiger partial charge in [-0.15, -0.1) is 4.99 Å². The molecule has 0 aliphatic heterocycles. The third-order valence-corrected chi connectivity index (χ3v) is 3.97. The van der Waals surface area contributed by atoms with Gasteiger partial charge < -0.3 is 10.5 Å². The molecule has 138 valence electrons. The van der Waals surface area contributed by atoms with E-state index in [1.165, 1.54) is 19.3 Å². The van der Waals surface area contributed by atoms with E-state index in [2.05, 4.69) is 22.0 Å². The minimum absolute atomic E-state index is 0.188. The number of urea groups is 2. The molecule has 0 aromatic heterocycles. The fraction of sp³-hybridized carbons (Fsp3) is 0.471. The molecular weight excluding hydrogens is 340 g/mol. The number of nitrogens with two attached hydrogens (primary N) is 1. The first-order valence-electron chi connectivity index (χ1n) is 8.41. The van der Waals surface area contributed by atoms with Crippen LogP contribution in [0.15, 0.2) is 40.2 Å². The Morgan fingerprint density at radius 3 is 2.48 bits per heavy atom. The first-order chi connectivity index (χ1) is 12.1. The summed E-state index contributed by atoms with van der Waals surface area (Å²) in [6, 6.07) is 7.68. The van der Waals surface area contributed by atoms with Crippen molar-refractivity contribution >= 4 is 30.0 Å². The zero-order valence-corrected chi connectivity index (χ0v) is 15.3. The van der Waals surface area contributed by atoms with Crippen molar-refractivity contribution in [3.05, 3.63) is 30.3 Å². The number of rotatable bonds is 9. The van der Waals surface area contributed by atoms with Crippen molar-refractivity contribution in [2.45, 2.75) is 50.3 Å². The van der Waals surface area contributed by atoms with Gasteiger partial charge >= 0.3 is 18.1 Å². The summed E-state index contributed by atoms with van der Waals surface area (Å²) in [6.45, 7) is 2.53. The van der Waals surface area contributed by atoms with Crippen LogP contribution in [0.3, 0.4) is 0 Å². The molecule has 1 aromatic carbocycles. The molecule has 0 radical (unpaired) electrons. The number of unbranched alkanes of at least 4 members (excludes halogenated alkanes) is 5. The molecule has 0 heterocycles. The Hall–Kier alpha value is -2.22. The van der Waals surface area contributed by atoms with Crippen LogP contribution in [-0.4, -0.2) is 24.7 Å². The summed E-state index contributed by atoms with van der Waals surface area (Å²) >= 11 is 1.14. The highest BCUT2D eigenvalue weighted by Gasteiger charge is 2.09. The molecule has 25 heavy (non-hydrogen) atoms. The Morgan fingerprint density at radius 1 is 1.12 bits per heavy atom. The highest BCUT2D eigenvalue weighted by molar-refractivity contribution is 7.98. The van der Waals surface area contributed by atoms with Crippen LogP contribution in [0.25, 0.3) is 0 Å². The van der Waals surface area contributed by atoms with Crippen molar-refractivity contribution in [1.29, 1.82) is 0 Å². The van der Waals surface area contributed by atoms with Crippen LogP contribution in [-0.2, 0) is 4.74 Å². The van der Waals surface area contributed by atoms with Crippen LogP contribution in [0.5, 0.6) is 0 Å². The summed E-state index contributed by atoms with van der Waals surface area (Å²) in [5, 5.41) is 2.39. The minimum Gasteiger partial charge on any atom is -0.465 e. The zero-order chi connectivity index (χ0) is 18.3. The normalized spacial score (nSPS) is 11.0. The molecule has 8 heteroatoms. The number of benzene rings is 1. The number of amidine groups is 1. The SMILES string of the molecule is CCCCCCCCOC(=NC(N)=O)NC(=O)NSc1ccccc1. The second-order valence-corrected chi connectivity index (χ2v) is 6.22. The van der Waals surface area contributed by atoms with E-state index < -0.39 is 12.1 Å². The molecule has 7 nitrogen and oxygen atoms in total. The Bertz CT molecular complexity index is 552. The number of amides is 4. The minimum atomic E-state index is -0.922. The number of carbonyl (C=O) groups excluding carboxylic acids is 2. The fourth-order valence-electron chi connectivity index (χ4n) is 1.96. The lowest BCUT2D eigenvalue weighted by atomic mass is 10.1. The molecule has 0 spiro atoms. The lowest BCUT2D eigenvalue weighted by Crippen LogP contribution is -2.38. The van der Waals surface area contributed by atoms with Gasteiger partial charge in [-0.1, -0.05) is 57.2 Å². The number of hydrogen-bond donors (Lipinski definition) is 3. The molecule has 0 unspecified atom stereocenters. The van der Waals surface area contributed by atoms with Crippen molar-refractivity contribution in [3.63, 3.8) is 0 Å². The van der Waals surface area contributed by atoms with Gasteiger partial charge in [0.2, 0.25) is 0 Å². The van der Waals surface area contributed by atoms with Crippen molar-refractivity contribution in [2.24, 2.45) is 10.7 Å². The number of hydrogen-bond acceptors (Lipinski definition) is 4. The number of primary amides is 1. The molecule has 0 aliphatic carbocycles. The van der Waals surface area contributed by atoms with Crippen LogP contribution in [0.4, 0.5) is 9.59 Å². The quantitative estimate of drug-likeness (QED) is 0.267. The van der Waals surface area contributed by atoms with E-state index >= 15 is 0 Å². The summed E-state index contributed by atoms with van der Waals surface area (Å²) in [4.78, 5) is 27.2. The highest BCUT2D eigenvalue weighted by Crippen LogP contribution is 2.12. The number of aliphatic imine (C=N–C) groups is 1. The predicted octanol–water partition coefficient (Wildman–Crippen LogP) is 3.80. The van der Waals surface area contributed by atoms with Crippen LogP contribution in [0.2, 0.25) is 0 Å². The molecule has 0 aliphatic rings. The zero-order valence-electron chi connectivity index (χ0n) is 14.5. The predicted molar refractivity (Wildman–Crippen MR) is 100 cm³/mol. The first kappa shape index (κ1) is 20.8. The van der Waals surface area contributed by atoms with E-state index in [0.29, 0.717) is 6.61 Å². The van der Waals surface area contributed by atoms with E-state index in [1.54, 1.807) is 0 Å². The third kappa shape index (κ3) is 11.0. The standard InChI is InChI=1S/C17H26N4O3S/c1-2-3-4-5-6-10-13-24-17(19-15(18)22)20-16(23)21-25-14-11-8-7-9-12-14/h7-9,11-12H,2-6,10,13H2,1H3,(H4,18,19,20,21,22,23). The fourth-order valence-corrected chi connectivity index (χ4v) is 2.52. The van der Waals surface area contributed by atoms with E-state index in [4.69, 9.17) is 10.5 Å². The molecule has 1 aromatic rings. The molecule has 0 bridgehead atoms. The topological polar surface area (TPSA) is 106 Å². The van der Waals surface area contributed by atoms with E-state index in [9.17, 15) is 9.59 Å². The summed E-state index contributed by atoms with van der Waals surface area (Å²) in [5.74, 6) is 0. The van der Waals surface area contributed by atoms with Gasteiger partial charge in [-0.05, 0) is 30.5 Å². The lowest BCUT2D eigenvalue weighted by molar-refractivity contribution is 0.240. The van der Waals surface area contributed by atoms with Crippen LogP contribution < -0.4 is 15.8 Å². The van der Waals surface area contributed by atoms with Gasteiger partial charge in [0.1, 0.15) is 0 Å². The summed E-state index contributed by atoms with van der Waals surface area (Å²) in [7, 11) is 0. The van der Waals surface area contributed by atoms with Gasteiger partial charge in [0.25, 0.3) is 0 Å². The number of nitrogens with one attached hydrogen (secondary N) is 2. The molecule has 1 rings (SSSR count). The molecule has 0 fully saturated rings. The highest BCUT2D eigenvalue weighted by atomic mass is 32.2. The van der Waals surface area contributed by atoms with Gasteiger partial charge in [-0.2, -0.15) is 0 Å². The van der Waals surface area contributed by atoms with E-state index in [0.717, 1.165) is 36.1 Å². The molecule has 4 N–H and O–H groups in total. The number of nitrogens with zero attached hydrogens (tertiary/aromatic N) is 1. The molecular formula is C17H26N4O3S. The molecule has 0 saturated heterocycles. The van der Waals surface area contributed by atoms with Crippen molar-refractivity contribution in [2.75, 3.05) is 6.61 Å². The van der Waals surface area contributed by atoms with Crippen molar-refractivity contribution < 1.29 is 14.3 Å². The number of ether oxygens (including phenoxy) is 1. The average Bonchev–Trinajstić information content (AvgIpc) is 2.59. The van der Waals surface area contributed by atoms with Gasteiger partial charge in [0.05, 0.1) is 6.61 Å². The second kappa shape index (κ2) is 13.1. The Kier molecular flexibility index (Phi) is 10.9. The summed E-state index contributed by atoms with van der Waals surface area (Å²) in [6.07, 6.45) is 6.63. The maximum atomic E-state index is 11.9. The number of carbonyl (C=O) groups is 2. The molecule has 0 saturated carbocycles. The molecule has 4 amide bonds. The Morgan fingerprint density at radius 2 is 1.80 bits per heavy atom. The maximum Gasteiger partial charge on any atom is 0.342 e. The Balaban J connectivity index is 2.32. The third-order valence-electron chi connectivity index (χ3n) is 3.17. The van der Waals surface area contributed by atoms with Gasteiger partial charge in [-0.3, -0.25) is 10.0 Å². The lowest BCUT2D eigenvalue weighted by Gasteiger charge is -2.10. The van der Waals surface area contributed by atoms with E-state index in [1.807, 2.05) is 30.3 Å². The first-order valence-corrected chi connectivity index (χ1v) is 9.23.